The molecule has 0 saturated carbocycles. The van der Waals surface area contributed by atoms with E-state index in [0.717, 1.165) is 10.9 Å². The third-order valence-corrected chi connectivity index (χ3v) is 2.75. The molecule has 0 atom stereocenters. The van der Waals surface area contributed by atoms with Crippen LogP contribution in [0.4, 0.5) is 0 Å². The quantitative estimate of drug-likeness (QED) is 0.569. The number of aromatic nitrogens is 4. The highest BCUT2D eigenvalue weighted by Crippen LogP contribution is 2.14. The van der Waals surface area contributed by atoms with Gasteiger partial charge in [0.1, 0.15) is 0 Å². The van der Waals surface area contributed by atoms with Crippen LogP contribution in [0.2, 0.25) is 0 Å². The van der Waals surface area contributed by atoms with Gasteiger partial charge in [-0.3, -0.25) is 0 Å². The molecule has 4 nitrogen and oxygen atoms in total. The van der Waals surface area contributed by atoms with Gasteiger partial charge in [0, 0.05) is 18.1 Å². The number of hydrogen-bond acceptors (Lipinski definition) is 4. The van der Waals surface area contributed by atoms with Gasteiger partial charge in [-0.15, -0.1) is 5.10 Å². The Bertz CT molecular complexity index is 379. The van der Waals surface area contributed by atoms with Crippen molar-refractivity contribution in [2.45, 2.75) is 24.9 Å². The van der Waals surface area contributed by atoms with Gasteiger partial charge in [0.25, 0.3) is 5.78 Å². The van der Waals surface area contributed by atoms with Crippen LogP contribution in [-0.2, 0) is 0 Å². The molecule has 2 aromatic heterocycles. The first-order valence-corrected chi connectivity index (χ1v) is 5.69. The van der Waals surface area contributed by atoms with E-state index in [4.69, 9.17) is 0 Å². The van der Waals surface area contributed by atoms with E-state index in [2.05, 4.69) is 22.0 Å². The van der Waals surface area contributed by atoms with Crippen LogP contribution in [0.15, 0.2) is 23.6 Å². The molecule has 5 heteroatoms. The van der Waals surface area contributed by atoms with E-state index in [1.165, 1.54) is 12.8 Å². The fourth-order valence-corrected chi connectivity index (χ4v) is 1.99. The Morgan fingerprint density at radius 2 is 2.43 bits per heavy atom. The molecule has 0 aromatic carbocycles. The summed E-state index contributed by atoms with van der Waals surface area (Å²) in [6, 6.07) is 1.85. The average molecular weight is 208 g/mol. The summed E-state index contributed by atoms with van der Waals surface area (Å²) in [5, 5.41) is 5.11. The Labute approximate surface area is 86.8 Å². The van der Waals surface area contributed by atoms with Gasteiger partial charge in [-0.2, -0.15) is 4.98 Å². The van der Waals surface area contributed by atoms with Crippen LogP contribution in [0.25, 0.3) is 5.78 Å². The van der Waals surface area contributed by atoms with Crippen molar-refractivity contribution in [1.29, 1.82) is 0 Å². The maximum Gasteiger partial charge on any atom is 0.253 e. The fourth-order valence-electron chi connectivity index (χ4n) is 1.08. The second-order valence-electron chi connectivity index (χ2n) is 2.96. The summed E-state index contributed by atoms with van der Waals surface area (Å²) < 4.78 is 1.70. The van der Waals surface area contributed by atoms with Crippen LogP contribution < -0.4 is 0 Å². The molecule has 0 aliphatic rings. The van der Waals surface area contributed by atoms with Gasteiger partial charge in [0.2, 0.25) is 5.16 Å². The number of rotatable bonds is 4. The number of hydrogen-bond donors (Lipinski definition) is 0. The van der Waals surface area contributed by atoms with Crippen molar-refractivity contribution in [2.75, 3.05) is 5.75 Å². The lowest BCUT2D eigenvalue weighted by Crippen LogP contribution is -1.87. The molecule has 2 heterocycles. The van der Waals surface area contributed by atoms with Crippen LogP contribution in [0.5, 0.6) is 0 Å². The normalized spacial score (nSPS) is 10.9. The second-order valence-corrected chi connectivity index (χ2v) is 4.02. The summed E-state index contributed by atoms with van der Waals surface area (Å²) in [5.74, 6) is 1.75. The van der Waals surface area contributed by atoms with E-state index < -0.39 is 0 Å². The predicted octanol–water partition coefficient (Wildman–Crippen LogP) is 2.02. The number of unbranched alkanes of at least 4 members (excludes halogenated alkanes) is 1. The molecule has 0 spiro atoms. The van der Waals surface area contributed by atoms with E-state index in [9.17, 15) is 0 Å². The second kappa shape index (κ2) is 4.41. The highest BCUT2D eigenvalue weighted by Gasteiger charge is 2.02. The van der Waals surface area contributed by atoms with Gasteiger partial charge in [0.15, 0.2) is 0 Å². The predicted molar refractivity (Wildman–Crippen MR) is 56.4 cm³/mol. The van der Waals surface area contributed by atoms with Crippen molar-refractivity contribution in [3.8, 4) is 0 Å². The summed E-state index contributed by atoms with van der Waals surface area (Å²) in [6.07, 6.45) is 6.00. The third kappa shape index (κ3) is 2.04. The lowest BCUT2D eigenvalue weighted by Gasteiger charge is -1.91. The van der Waals surface area contributed by atoms with E-state index in [1.807, 2.05) is 12.3 Å². The van der Waals surface area contributed by atoms with Crippen molar-refractivity contribution in [2.24, 2.45) is 0 Å². The Hall–Kier alpha value is -1.10. The molecule has 0 unspecified atom stereocenters. The molecular formula is C9H12N4S. The zero-order valence-electron chi connectivity index (χ0n) is 8.05. The lowest BCUT2D eigenvalue weighted by atomic mass is 10.4. The topological polar surface area (TPSA) is 43.1 Å². The zero-order valence-corrected chi connectivity index (χ0v) is 8.87. The molecule has 0 radical (unpaired) electrons. The third-order valence-electron chi connectivity index (χ3n) is 1.83. The van der Waals surface area contributed by atoms with Crippen molar-refractivity contribution in [3.05, 3.63) is 18.5 Å². The van der Waals surface area contributed by atoms with E-state index in [1.54, 1.807) is 22.5 Å². The van der Waals surface area contributed by atoms with Gasteiger partial charge in [-0.1, -0.05) is 25.1 Å². The minimum absolute atomic E-state index is 0.673. The molecule has 0 N–H and O–H groups in total. The van der Waals surface area contributed by atoms with Crippen molar-refractivity contribution in [1.82, 2.24) is 19.6 Å². The minimum Gasteiger partial charge on any atom is -0.220 e. The Kier molecular flexibility index (Phi) is 2.98. The molecule has 0 aliphatic carbocycles. The van der Waals surface area contributed by atoms with Crippen LogP contribution in [-0.4, -0.2) is 25.3 Å². The average Bonchev–Trinajstić information content (AvgIpc) is 2.60. The number of fused-ring (bicyclic) bond motifs is 1. The van der Waals surface area contributed by atoms with E-state index in [-0.39, 0.29) is 0 Å². The summed E-state index contributed by atoms with van der Waals surface area (Å²) in [4.78, 5) is 8.39. The Morgan fingerprint density at radius 3 is 3.21 bits per heavy atom. The highest BCUT2D eigenvalue weighted by molar-refractivity contribution is 7.99. The van der Waals surface area contributed by atoms with E-state index >= 15 is 0 Å². The van der Waals surface area contributed by atoms with Gasteiger partial charge in [-0.05, 0) is 12.5 Å². The molecule has 0 fully saturated rings. The van der Waals surface area contributed by atoms with Crippen LogP contribution in [0.3, 0.4) is 0 Å². The summed E-state index contributed by atoms with van der Waals surface area (Å²) in [5.41, 5.74) is 0. The first kappa shape index (κ1) is 9.45. The van der Waals surface area contributed by atoms with Gasteiger partial charge in [0.05, 0.1) is 0 Å². The summed E-state index contributed by atoms with van der Waals surface area (Å²) >= 11 is 1.69. The number of nitrogens with zero attached hydrogens (tertiary/aromatic N) is 4. The van der Waals surface area contributed by atoms with Crippen LogP contribution >= 0.6 is 11.8 Å². The first-order valence-electron chi connectivity index (χ1n) is 4.70. The fraction of sp³-hybridized carbons (Fsp3) is 0.444. The molecule has 2 aromatic rings. The molecule has 0 bridgehead atoms. The molecule has 0 saturated heterocycles. The van der Waals surface area contributed by atoms with Gasteiger partial charge < -0.3 is 0 Å². The molecule has 0 aliphatic heterocycles. The van der Waals surface area contributed by atoms with Crippen LogP contribution in [0.1, 0.15) is 19.8 Å². The van der Waals surface area contributed by atoms with Crippen molar-refractivity contribution < 1.29 is 0 Å². The maximum atomic E-state index is 4.29. The smallest absolute Gasteiger partial charge is 0.220 e. The molecule has 0 amide bonds. The first-order chi connectivity index (χ1) is 6.90. The zero-order chi connectivity index (χ0) is 9.80. The van der Waals surface area contributed by atoms with Crippen molar-refractivity contribution >= 4 is 17.5 Å². The SMILES string of the molecule is CCCCSc1nc2ncccn2n1. The monoisotopic (exact) mass is 208 g/mol. The summed E-state index contributed by atoms with van der Waals surface area (Å²) in [7, 11) is 0. The summed E-state index contributed by atoms with van der Waals surface area (Å²) in [6.45, 7) is 2.18. The van der Waals surface area contributed by atoms with Gasteiger partial charge in [-0.25, -0.2) is 9.50 Å². The lowest BCUT2D eigenvalue weighted by molar-refractivity contribution is 0.867. The molecular weight excluding hydrogens is 196 g/mol. The van der Waals surface area contributed by atoms with Gasteiger partial charge >= 0.3 is 0 Å². The molecule has 2 rings (SSSR count). The van der Waals surface area contributed by atoms with Crippen LogP contribution in [0, 0.1) is 0 Å². The highest BCUT2D eigenvalue weighted by atomic mass is 32.2. The molecule has 14 heavy (non-hydrogen) atoms. The molecule has 74 valence electrons. The minimum atomic E-state index is 0.673. The Balaban J connectivity index is 2.11. The number of thioether (sulfide) groups is 1. The van der Waals surface area contributed by atoms with E-state index in [0.29, 0.717) is 5.78 Å². The van der Waals surface area contributed by atoms with Crippen molar-refractivity contribution in [3.63, 3.8) is 0 Å². The maximum absolute atomic E-state index is 4.29. The Morgan fingerprint density at radius 1 is 1.50 bits per heavy atom. The largest absolute Gasteiger partial charge is 0.253 e. The standard InChI is InChI=1S/C9H12N4S/c1-2-3-7-14-9-11-8-10-5-4-6-13(8)12-9/h4-6H,2-3,7H2,1H3.